The molecule has 0 saturated carbocycles. The fraction of sp³-hybridized carbons (Fsp3) is 0.571. The van der Waals surface area contributed by atoms with Gasteiger partial charge in [-0.1, -0.05) is 0 Å². The van der Waals surface area contributed by atoms with Crippen molar-refractivity contribution in [3.8, 4) is 0 Å². The molecule has 18 heteroatoms. The van der Waals surface area contributed by atoms with Crippen molar-refractivity contribution in [3.05, 3.63) is 0 Å². The van der Waals surface area contributed by atoms with Crippen molar-refractivity contribution in [2.24, 2.45) is 0 Å². The Balaban J connectivity index is 2.47. The number of imide groups is 2. The molecule has 2 heterocycles. The summed E-state index contributed by atoms with van der Waals surface area (Å²) in [5.74, 6) is -8.75. The van der Waals surface area contributed by atoms with Crippen LogP contribution in [0.15, 0.2) is 0 Å². The van der Waals surface area contributed by atoms with Crippen LogP contribution in [0.2, 0.25) is 0 Å². The lowest BCUT2D eigenvalue weighted by Crippen LogP contribution is -2.59. The Hall–Kier alpha value is -2.18. The van der Waals surface area contributed by atoms with Crippen LogP contribution in [0, 0.1) is 0 Å². The Morgan fingerprint density at radius 3 is 1.09 bits per heavy atom. The average molecular weight is 533 g/mol. The molecule has 0 aliphatic carbocycles. The second-order valence-electron chi connectivity index (χ2n) is 6.87. The van der Waals surface area contributed by atoms with E-state index in [0.29, 0.717) is 13.8 Å². The first-order chi connectivity index (χ1) is 14.4. The Bertz CT molecular complexity index is 1020. The third-order valence-corrected chi connectivity index (χ3v) is 16.4. The van der Waals surface area contributed by atoms with Crippen LogP contribution in [0.5, 0.6) is 0 Å². The molecule has 0 radical (unpaired) electrons. The number of carboxylic acids is 2. The van der Waals surface area contributed by atoms with Gasteiger partial charge in [-0.2, -0.15) is 0 Å². The molecule has 2 unspecified atom stereocenters. The Labute approximate surface area is 187 Å². The van der Waals surface area contributed by atoms with Gasteiger partial charge in [0.1, 0.15) is 0 Å². The van der Waals surface area contributed by atoms with Gasteiger partial charge in [-0.25, -0.2) is 26.4 Å². The number of nitrogens with zero attached hydrogens (tertiary/aromatic N) is 2. The van der Waals surface area contributed by atoms with Crippen molar-refractivity contribution in [2.75, 3.05) is 0 Å². The van der Waals surface area contributed by atoms with Gasteiger partial charge in [0.2, 0.25) is 41.4 Å². The normalized spacial score (nSPS) is 21.6. The highest BCUT2D eigenvalue weighted by Gasteiger charge is 2.62. The molecule has 4 amide bonds. The quantitative estimate of drug-likeness (QED) is 0.267. The maximum atomic E-state index is 12.8. The summed E-state index contributed by atoms with van der Waals surface area (Å²) in [6.07, 6.45) is -1.82. The van der Waals surface area contributed by atoms with E-state index in [2.05, 4.69) is 0 Å². The summed E-state index contributed by atoms with van der Waals surface area (Å²) in [4.78, 5) is 65.0. The second kappa shape index (κ2) is 8.31. The van der Waals surface area contributed by atoms with Gasteiger partial charge < -0.3 is 10.2 Å². The number of carboxylic acid groups (broad SMARTS) is 2. The number of hydrogen-bond acceptors (Lipinski definition) is 12. The van der Waals surface area contributed by atoms with Crippen LogP contribution in [0.25, 0.3) is 0 Å². The minimum atomic E-state index is -5.24. The fourth-order valence-electron chi connectivity index (χ4n) is 2.94. The van der Waals surface area contributed by atoms with Crippen molar-refractivity contribution in [1.82, 2.24) is 9.80 Å². The predicted octanol–water partition coefficient (Wildman–Crippen LogP) is -1.07. The van der Waals surface area contributed by atoms with E-state index in [0.717, 1.165) is 0 Å². The first kappa shape index (κ1) is 26.1. The number of likely N-dealkylation sites (tertiary alicyclic amines) is 2. The second-order valence-corrected chi connectivity index (χ2v) is 16.4. The summed E-state index contributed by atoms with van der Waals surface area (Å²) in [5.41, 5.74) is 0. The highest BCUT2D eigenvalue weighted by Crippen LogP contribution is 2.47. The van der Waals surface area contributed by atoms with Crippen LogP contribution in [-0.4, -0.2) is 82.2 Å². The third-order valence-electron chi connectivity index (χ3n) is 4.93. The van der Waals surface area contributed by atoms with E-state index in [9.17, 15) is 55.8 Å². The topological polar surface area (TPSA) is 218 Å². The summed E-state index contributed by atoms with van der Waals surface area (Å²) < 4.78 is 51.3. The van der Waals surface area contributed by atoms with E-state index >= 15 is 0 Å². The predicted molar refractivity (Wildman–Crippen MR) is 107 cm³/mol. The largest absolute Gasteiger partial charge is 0.479 e. The molecule has 0 aromatic carbocycles. The SMILES string of the molecule is CC(C(=O)O)(N1C(=O)CCC1=O)S(=O)(=O)SSS(=O)(=O)C(C)(C(=O)O)N1C(=O)CCC1=O. The van der Waals surface area contributed by atoms with Gasteiger partial charge in [0.25, 0.3) is 9.74 Å². The van der Waals surface area contributed by atoms with E-state index in [1.807, 2.05) is 0 Å². The summed E-state index contributed by atoms with van der Waals surface area (Å²) in [6, 6.07) is 0. The molecule has 2 rings (SSSR count). The molecule has 0 bridgehead atoms. The number of aliphatic carboxylic acids is 2. The number of hydrogen-bond donors (Lipinski definition) is 2. The molecular weight excluding hydrogens is 516 g/mol. The van der Waals surface area contributed by atoms with Gasteiger partial charge in [0.15, 0.2) is 0 Å². The van der Waals surface area contributed by atoms with Crippen LogP contribution >= 0.6 is 19.7 Å². The molecule has 178 valence electrons. The maximum absolute atomic E-state index is 12.8. The summed E-state index contributed by atoms with van der Waals surface area (Å²) in [7, 11) is -11.7. The molecule has 32 heavy (non-hydrogen) atoms. The Morgan fingerprint density at radius 1 is 0.688 bits per heavy atom. The monoisotopic (exact) mass is 532 g/mol. The van der Waals surface area contributed by atoms with Crippen LogP contribution in [0.4, 0.5) is 0 Å². The summed E-state index contributed by atoms with van der Waals surface area (Å²) in [6.45, 7) is 1.02. The number of carbonyl (C=O) groups is 6. The van der Waals surface area contributed by atoms with Crippen LogP contribution in [-0.2, 0) is 46.5 Å². The van der Waals surface area contributed by atoms with E-state index in [-0.39, 0.29) is 9.80 Å². The van der Waals surface area contributed by atoms with Crippen molar-refractivity contribution in [3.63, 3.8) is 0 Å². The zero-order valence-corrected chi connectivity index (χ0v) is 19.6. The lowest BCUT2D eigenvalue weighted by atomic mass is 10.3. The van der Waals surface area contributed by atoms with Crippen molar-refractivity contribution < 1.29 is 55.8 Å². The summed E-state index contributed by atoms with van der Waals surface area (Å²) in [5, 5.41) is 19.0. The molecule has 2 aliphatic heterocycles. The zero-order chi connectivity index (χ0) is 24.9. The van der Waals surface area contributed by atoms with Crippen LogP contribution < -0.4 is 0 Å². The fourth-order valence-corrected chi connectivity index (χ4v) is 14.4. The first-order valence-electron chi connectivity index (χ1n) is 8.50. The maximum Gasteiger partial charge on any atom is 0.346 e. The molecule has 14 nitrogen and oxygen atoms in total. The first-order valence-corrected chi connectivity index (χ1v) is 14.7. The lowest BCUT2D eigenvalue weighted by Gasteiger charge is -2.33. The molecule has 2 aliphatic rings. The standard InChI is InChI=1S/C14H16N2O12S4/c1-13(11(21)22,15-7(17)3-4-8(15)18)31(25,26)29-30-32(27,28)14(2,12(23)24)16-9(19)5-6-10(16)20/h3-6H2,1-2H3,(H,21,22)(H,23,24). The molecular formula is C14H16N2O12S4. The zero-order valence-electron chi connectivity index (χ0n) is 16.3. The van der Waals surface area contributed by atoms with Crippen LogP contribution in [0.1, 0.15) is 39.5 Å². The minimum Gasteiger partial charge on any atom is -0.479 e. The number of amides is 4. The van der Waals surface area contributed by atoms with Gasteiger partial charge in [0.05, 0.1) is 19.7 Å². The Morgan fingerprint density at radius 2 is 0.906 bits per heavy atom. The van der Waals surface area contributed by atoms with Gasteiger partial charge in [-0.05, 0) is 13.8 Å². The molecule has 2 fully saturated rings. The van der Waals surface area contributed by atoms with Crippen LogP contribution in [0.3, 0.4) is 0 Å². The molecule has 2 N–H and O–H groups in total. The van der Waals surface area contributed by atoms with Crippen molar-refractivity contribution >= 4 is 73.0 Å². The van der Waals surface area contributed by atoms with Crippen molar-refractivity contribution in [1.29, 1.82) is 0 Å². The molecule has 2 saturated heterocycles. The van der Waals surface area contributed by atoms with E-state index in [1.165, 1.54) is 0 Å². The smallest absolute Gasteiger partial charge is 0.346 e. The van der Waals surface area contributed by atoms with E-state index in [4.69, 9.17) is 0 Å². The van der Waals surface area contributed by atoms with E-state index in [1.54, 1.807) is 0 Å². The number of rotatable bonds is 9. The van der Waals surface area contributed by atoms with Gasteiger partial charge in [-0.15, -0.1) is 0 Å². The highest BCUT2D eigenvalue weighted by atomic mass is 33.7. The number of carbonyl (C=O) groups excluding carboxylic acids is 4. The molecule has 2 atom stereocenters. The molecule has 0 spiro atoms. The van der Waals surface area contributed by atoms with Crippen molar-refractivity contribution in [2.45, 2.75) is 49.3 Å². The van der Waals surface area contributed by atoms with Gasteiger partial charge in [0, 0.05) is 25.7 Å². The highest BCUT2D eigenvalue weighted by molar-refractivity contribution is 9.23. The Kier molecular flexibility index (Phi) is 6.77. The van der Waals surface area contributed by atoms with E-state index < -0.39 is 108 Å². The van der Waals surface area contributed by atoms with Gasteiger partial charge in [-0.3, -0.25) is 29.0 Å². The lowest BCUT2D eigenvalue weighted by molar-refractivity contribution is -0.155. The average Bonchev–Trinajstić information content (AvgIpc) is 3.19. The minimum absolute atomic E-state index is 0.00520. The third kappa shape index (κ3) is 3.77. The molecule has 0 aromatic rings. The van der Waals surface area contributed by atoms with Gasteiger partial charge >= 0.3 is 11.9 Å². The molecule has 0 aromatic heterocycles. The summed E-state index contributed by atoms with van der Waals surface area (Å²) >= 11 is 0.